The molecule has 0 radical (unpaired) electrons. The molecule has 0 fully saturated rings. The third kappa shape index (κ3) is 2.83. The van der Waals surface area contributed by atoms with Crippen LogP contribution in [0.4, 0.5) is 0 Å². The summed E-state index contributed by atoms with van der Waals surface area (Å²) in [6, 6.07) is 7.36. The van der Waals surface area contributed by atoms with Crippen molar-refractivity contribution >= 4 is 17.1 Å². The number of carbonyl (C=O) groups is 1. The Morgan fingerprint density at radius 2 is 1.92 bits per heavy atom. The van der Waals surface area contributed by atoms with E-state index >= 15 is 0 Å². The lowest BCUT2D eigenvalue weighted by atomic mass is 10.2. The molecule has 26 heavy (non-hydrogen) atoms. The van der Waals surface area contributed by atoms with Crippen molar-refractivity contribution in [3.63, 3.8) is 0 Å². The molecule has 0 N–H and O–H groups in total. The first-order valence-electron chi connectivity index (χ1n) is 8.41. The topological polar surface area (TPSA) is 88.1 Å². The van der Waals surface area contributed by atoms with Crippen molar-refractivity contribution in [3.8, 4) is 5.69 Å². The van der Waals surface area contributed by atoms with Gasteiger partial charge in [0.25, 0.3) is 5.56 Å². The van der Waals surface area contributed by atoms with Gasteiger partial charge in [-0.05, 0) is 32.4 Å². The summed E-state index contributed by atoms with van der Waals surface area (Å²) in [6.07, 6.45) is 1.39. The van der Waals surface area contributed by atoms with Gasteiger partial charge in [0.2, 0.25) is 0 Å². The fourth-order valence-electron chi connectivity index (χ4n) is 2.96. The molecular weight excluding hydrogens is 336 g/mol. The smallest absolute Gasteiger partial charge is 0.337 e. The van der Waals surface area contributed by atoms with E-state index in [1.54, 1.807) is 19.9 Å². The van der Waals surface area contributed by atoms with Crippen molar-refractivity contribution in [1.29, 1.82) is 0 Å². The van der Waals surface area contributed by atoms with Gasteiger partial charge in [0.15, 0.2) is 11.2 Å². The minimum absolute atomic E-state index is 0.144. The molecule has 0 aliphatic rings. The van der Waals surface area contributed by atoms with Crippen LogP contribution in [0.15, 0.2) is 40.2 Å². The Labute approximate surface area is 149 Å². The minimum Gasteiger partial charge on any atom is -0.465 e. The molecule has 8 nitrogen and oxygen atoms in total. The van der Waals surface area contributed by atoms with Crippen molar-refractivity contribution in [3.05, 3.63) is 57.0 Å². The van der Waals surface area contributed by atoms with E-state index in [0.717, 1.165) is 10.1 Å². The van der Waals surface area contributed by atoms with E-state index < -0.39 is 17.2 Å². The SMILES string of the molecule is CCOC(=O)Cn1cnc2c1c(=O)n(CC)c(=O)n2-c1ccccc1C. The van der Waals surface area contributed by atoms with Crippen LogP contribution in [-0.4, -0.2) is 31.3 Å². The number of para-hydroxylation sites is 1. The van der Waals surface area contributed by atoms with E-state index in [1.807, 2.05) is 25.1 Å². The highest BCUT2D eigenvalue weighted by molar-refractivity contribution is 5.76. The molecule has 136 valence electrons. The number of aryl methyl sites for hydroxylation is 1. The van der Waals surface area contributed by atoms with Crippen LogP contribution in [0.1, 0.15) is 19.4 Å². The van der Waals surface area contributed by atoms with E-state index in [-0.39, 0.29) is 30.9 Å². The maximum atomic E-state index is 12.9. The highest BCUT2D eigenvalue weighted by Gasteiger charge is 2.20. The Hall–Kier alpha value is -3.16. The van der Waals surface area contributed by atoms with Crippen molar-refractivity contribution < 1.29 is 9.53 Å². The van der Waals surface area contributed by atoms with E-state index in [2.05, 4.69) is 4.98 Å². The maximum Gasteiger partial charge on any atom is 0.337 e. The Morgan fingerprint density at radius 3 is 2.58 bits per heavy atom. The summed E-state index contributed by atoms with van der Waals surface area (Å²) in [4.78, 5) is 41.8. The van der Waals surface area contributed by atoms with Crippen molar-refractivity contribution in [2.75, 3.05) is 6.61 Å². The number of hydrogen-bond acceptors (Lipinski definition) is 5. The second-order valence-electron chi connectivity index (χ2n) is 5.80. The number of imidazole rings is 1. The zero-order valence-corrected chi connectivity index (χ0v) is 14.9. The summed E-state index contributed by atoms with van der Waals surface area (Å²) in [6.45, 7) is 5.63. The number of esters is 1. The number of fused-ring (bicyclic) bond motifs is 1. The van der Waals surface area contributed by atoms with Crippen LogP contribution in [0.2, 0.25) is 0 Å². The number of ether oxygens (including phenoxy) is 1. The molecule has 0 spiro atoms. The summed E-state index contributed by atoms with van der Waals surface area (Å²) in [5.74, 6) is -0.470. The van der Waals surface area contributed by atoms with E-state index in [1.165, 1.54) is 15.5 Å². The predicted octanol–water partition coefficient (Wildman–Crippen LogP) is 1.24. The molecule has 0 aliphatic carbocycles. The maximum absolute atomic E-state index is 12.9. The number of carbonyl (C=O) groups excluding carboxylic acids is 1. The first-order chi connectivity index (χ1) is 12.5. The Kier molecular flexibility index (Phi) is 4.75. The summed E-state index contributed by atoms with van der Waals surface area (Å²) in [5.41, 5.74) is 1.01. The van der Waals surface area contributed by atoms with Gasteiger partial charge >= 0.3 is 11.7 Å². The fraction of sp³-hybridized carbons (Fsp3) is 0.333. The van der Waals surface area contributed by atoms with Gasteiger partial charge in [-0.2, -0.15) is 0 Å². The molecule has 0 saturated heterocycles. The predicted molar refractivity (Wildman–Crippen MR) is 96.6 cm³/mol. The standard InChI is InChI=1S/C18H20N4O4/c1-4-21-17(24)15-16(19-11-20(15)10-14(23)26-5-2)22(18(21)25)13-9-7-6-8-12(13)3/h6-9,11H,4-5,10H2,1-3H3. The van der Waals surface area contributed by atoms with Crippen LogP contribution in [0, 0.1) is 6.92 Å². The molecular formula is C18H20N4O4. The van der Waals surface area contributed by atoms with Crippen LogP contribution in [0.25, 0.3) is 16.9 Å². The molecule has 2 heterocycles. The first-order valence-corrected chi connectivity index (χ1v) is 8.41. The molecule has 0 unspecified atom stereocenters. The lowest BCUT2D eigenvalue weighted by Crippen LogP contribution is -2.40. The summed E-state index contributed by atoms with van der Waals surface area (Å²) >= 11 is 0. The summed E-state index contributed by atoms with van der Waals surface area (Å²) in [5, 5.41) is 0. The van der Waals surface area contributed by atoms with Gasteiger partial charge in [0.1, 0.15) is 6.54 Å². The van der Waals surface area contributed by atoms with Crippen molar-refractivity contribution in [2.45, 2.75) is 33.9 Å². The third-order valence-electron chi connectivity index (χ3n) is 4.18. The van der Waals surface area contributed by atoms with Gasteiger partial charge in [0, 0.05) is 6.54 Å². The number of hydrogen-bond donors (Lipinski definition) is 0. The van der Waals surface area contributed by atoms with Gasteiger partial charge in [-0.1, -0.05) is 18.2 Å². The molecule has 2 aromatic heterocycles. The zero-order valence-electron chi connectivity index (χ0n) is 14.9. The number of nitrogens with zero attached hydrogens (tertiary/aromatic N) is 4. The Bertz CT molecular complexity index is 1090. The van der Waals surface area contributed by atoms with E-state index in [0.29, 0.717) is 5.69 Å². The highest BCUT2D eigenvalue weighted by atomic mass is 16.5. The molecule has 0 saturated carbocycles. The fourth-order valence-corrected chi connectivity index (χ4v) is 2.96. The average Bonchev–Trinajstić information content (AvgIpc) is 3.00. The van der Waals surface area contributed by atoms with Crippen molar-refractivity contribution in [2.24, 2.45) is 0 Å². The minimum atomic E-state index is -0.473. The second-order valence-corrected chi connectivity index (χ2v) is 5.80. The monoisotopic (exact) mass is 356 g/mol. The lowest BCUT2D eigenvalue weighted by molar-refractivity contribution is -0.143. The second kappa shape index (κ2) is 6.99. The number of benzene rings is 1. The molecule has 3 aromatic rings. The van der Waals surface area contributed by atoms with E-state index in [4.69, 9.17) is 4.74 Å². The molecule has 8 heteroatoms. The van der Waals surface area contributed by atoms with Crippen LogP contribution in [0.5, 0.6) is 0 Å². The van der Waals surface area contributed by atoms with E-state index in [9.17, 15) is 14.4 Å². The molecule has 1 aromatic carbocycles. The van der Waals surface area contributed by atoms with Crippen molar-refractivity contribution in [1.82, 2.24) is 18.7 Å². The van der Waals surface area contributed by atoms with Crippen LogP contribution in [0.3, 0.4) is 0 Å². The van der Waals surface area contributed by atoms with Crippen LogP contribution < -0.4 is 11.2 Å². The largest absolute Gasteiger partial charge is 0.465 e. The number of aromatic nitrogens is 4. The summed E-state index contributed by atoms with van der Waals surface area (Å²) < 4.78 is 8.93. The first kappa shape index (κ1) is 17.7. The summed E-state index contributed by atoms with van der Waals surface area (Å²) in [7, 11) is 0. The van der Waals surface area contributed by atoms with Gasteiger partial charge in [-0.3, -0.25) is 14.2 Å². The lowest BCUT2D eigenvalue weighted by Gasteiger charge is -2.13. The molecule has 0 aliphatic heterocycles. The van der Waals surface area contributed by atoms with Gasteiger partial charge in [0.05, 0.1) is 18.6 Å². The molecule has 0 amide bonds. The number of rotatable bonds is 5. The van der Waals surface area contributed by atoms with Gasteiger partial charge in [-0.25, -0.2) is 14.3 Å². The molecule has 3 rings (SSSR count). The van der Waals surface area contributed by atoms with Crippen LogP contribution >= 0.6 is 0 Å². The highest BCUT2D eigenvalue weighted by Crippen LogP contribution is 2.16. The van der Waals surface area contributed by atoms with Crippen LogP contribution in [-0.2, 0) is 22.6 Å². The molecule has 0 bridgehead atoms. The molecule has 0 atom stereocenters. The normalized spacial score (nSPS) is 11.0. The Balaban J connectivity index is 2.35. The quantitative estimate of drug-likeness (QED) is 0.642. The Morgan fingerprint density at radius 1 is 1.19 bits per heavy atom. The average molecular weight is 356 g/mol. The zero-order chi connectivity index (χ0) is 18.8. The third-order valence-corrected chi connectivity index (χ3v) is 4.18. The van der Waals surface area contributed by atoms with Gasteiger partial charge < -0.3 is 9.30 Å². The van der Waals surface area contributed by atoms with Gasteiger partial charge in [-0.15, -0.1) is 0 Å².